The number of unbranched alkanes of at least 4 members (excludes halogenated alkanes) is 6. The van der Waals surface area contributed by atoms with E-state index < -0.39 is 0 Å². The van der Waals surface area contributed by atoms with Crippen LogP contribution >= 0.6 is 0 Å². The first kappa shape index (κ1) is 110. The summed E-state index contributed by atoms with van der Waals surface area (Å²) in [6.45, 7) is 82.4. The zero-order valence-electron chi connectivity index (χ0n) is 70.2. The summed E-state index contributed by atoms with van der Waals surface area (Å²) >= 11 is 0. The van der Waals surface area contributed by atoms with Gasteiger partial charge in [0.1, 0.15) is 0 Å². The van der Waals surface area contributed by atoms with Gasteiger partial charge in [-0.1, -0.05) is 19.8 Å². The molecule has 3 unspecified atom stereocenters. The number of rotatable bonds is 52. The van der Waals surface area contributed by atoms with Crippen LogP contribution in [0.4, 0.5) is 0 Å². The van der Waals surface area contributed by atoms with Crippen LogP contribution in [0.3, 0.4) is 0 Å². The van der Waals surface area contributed by atoms with Crippen molar-refractivity contribution >= 4 is 0 Å². The van der Waals surface area contributed by atoms with Gasteiger partial charge in [0.05, 0.1) is 142 Å². The minimum atomic E-state index is 0.206. The maximum atomic E-state index is 5.62. The molecule has 0 bridgehead atoms. The Balaban J connectivity index is -0.000000152. The van der Waals surface area contributed by atoms with Gasteiger partial charge in [0, 0.05) is 59.5 Å². The van der Waals surface area contributed by atoms with Crippen LogP contribution in [0.5, 0.6) is 0 Å². The van der Waals surface area contributed by atoms with Crippen molar-refractivity contribution in [1.82, 2.24) is 0 Å². The molecule has 0 aromatic heterocycles. The van der Waals surface area contributed by atoms with E-state index in [-0.39, 0.29) is 12.2 Å². The van der Waals surface area contributed by atoms with E-state index in [2.05, 4.69) is 125 Å². The van der Waals surface area contributed by atoms with Gasteiger partial charge in [-0.2, -0.15) is 0 Å². The summed E-state index contributed by atoms with van der Waals surface area (Å²) in [5.74, 6) is 0. The molecular weight excluding hydrogens is 1200 g/mol. The van der Waals surface area contributed by atoms with Crippen LogP contribution in [-0.2, 0) is 75.8 Å². The highest BCUT2D eigenvalue weighted by Gasteiger charge is 2.10. The van der Waals surface area contributed by atoms with Crippen molar-refractivity contribution in [2.24, 2.45) is 0 Å². The van der Waals surface area contributed by atoms with Gasteiger partial charge in [0.25, 0.3) is 0 Å². The van der Waals surface area contributed by atoms with Crippen molar-refractivity contribution in [3.05, 3.63) is 0 Å². The van der Waals surface area contributed by atoms with E-state index in [0.29, 0.717) is 130 Å². The number of hydrogen-bond donors (Lipinski definition) is 0. The third-order valence-corrected chi connectivity index (χ3v) is 11.4. The van der Waals surface area contributed by atoms with E-state index in [1.165, 1.54) is 32.1 Å². The Bertz CT molecular complexity index is 1270. The van der Waals surface area contributed by atoms with E-state index >= 15 is 0 Å². The molecule has 0 amide bonds. The first-order chi connectivity index (χ1) is 44.2. The van der Waals surface area contributed by atoms with Gasteiger partial charge in [-0.3, -0.25) is 0 Å². The minimum Gasteiger partial charge on any atom is -0.379 e. The standard InChI is InChI=1S/C12H26O2.C11H24O2.3C10H22O2.2C9H20O2.C8H18O2/c1-11(2)13-9-7-5-6-8-10-14-12(3)4;1-10(2)12-8-6-5-7-9-13-11(3)4;1-8(2)11-7-6-10(5)12-9(3)4;1-9(2)11-7-5-6-8-12-10(3)4;1-6-10(12-9(4)5)7-11-8(2)3;1-7(2)10-6-9(5)11-8(3)4;1-8(2)10-6-5-7-11-9(3)4;1-7(2)9-5-6-10-8(3)4/h11-12H,5-10H2,1-4H3;10-11H,5-9H2,1-4H3;8-10H,6-7H2,1-5H3;9-10H,5-8H2,1-4H3;8-10H,6-7H2,1-5H3;7-9H,6H2,1-5H3;8-9H,5-7H2,1-4H3;7-8H,5-6H2,1-4H3. The second kappa shape index (κ2) is 84.0. The van der Waals surface area contributed by atoms with Crippen LogP contribution in [0.25, 0.3) is 0 Å². The van der Waals surface area contributed by atoms with E-state index in [1.807, 2.05) is 118 Å². The fourth-order valence-electron chi connectivity index (χ4n) is 7.09. The van der Waals surface area contributed by atoms with Gasteiger partial charge in [-0.15, -0.1) is 0 Å². The van der Waals surface area contributed by atoms with Gasteiger partial charge in [-0.05, 0) is 300 Å². The smallest absolute Gasteiger partial charge is 0.0809 e. The van der Waals surface area contributed by atoms with Gasteiger partial charge in [-0.25, -0.2) is 0 Å². The second-order valence-electron chi connectivity index (χ2n) is 28.4. The Morgan fingerprint density at radius 1 is 0.168 bits per heavy atom. The Morgan fingerprint density at radius 2 is 0.368 bits per heavy atom. The van der Waals surface area contributed by atoms with Crippen molar-refractivity contribution in [1.29, 1.82) is 0 Å². The summed E-state index contributed by atoms with van der Waals surface area (Å²) in [5.41, 5.74) is 0. The zero-order chi connectivity index (χ0) is 75.0. The minimum absolute atomic E-state index is 0.206. The molecular formula is C79H174O16. The largest absolute Gasteiger partial charge is 0.379 e. The fourth-order valence-corrected chi connectivity index (χ4v) is 7.09. The maximum absolute atomic E-state index is 5.62. The van der Waals surface area contributed by atoms with Crippen LogP contribution in [0.1, 0.15) is 319 Å². The molecule has 16 nitrogen and oxygen atoms in total. The molecule has 0 aromatic rings. The lowest BCUT2D eigenvalue weighted by atomic mass is 10.2. The Kier molecular flexibility index (Phi) is 97.5. The highest BCUT2D eigenvalue weighted by atomic mass is 16.6. The molecule has 95 heavy (non-hydrogen) atoms. The van der Waals surface area contributed by atoms with Crippen molar-refractivity contribution in [3.8, 4) is 0 Å². The van der Waals surface area contributed by atoms with E-state index in [4.69, 9.17) is 75.8 Å². The lowest BCUT2D eigenvalue weighted by Crippen LogP contribution is -2.24. The molecule has 586 valence electrons. The Labute approximate surface area is 594 Å². The van der Waals surface area contributed by atoms with Gasteiger partial charge in [0.15, 0.2) is 0 Å². The van der Waals surface area contributed by atoms with Crippen molar-refractivity contribution in [2.45, 2.75) is 435 Å². The normalized spacial score (nSPS) is 12.5. The lowest BCUT2D eigenvalue weighted by Gasteiger charge is -2.20. The molecule has 0 aliphatic rings. The molecule has 0 saturated carbocycles. The van der Waals surface area contributed by atoms with Crippen LogP contribution in [0, 0.1) is 0 Å². The molecule has 0 saturated heterocycles. The third-order valence-electron chi connectivity index (χ3n) is 11.4. The average Bonchev–Trinajstić information content (AvgIpc) is 3.68. The molecule has 0 N–H and O–H groups in total. The maximum Gasteiger partial charge on any atom is 0.0809 e. The summed E-state index contributed by atoms with van der Waals surface area (Å²) in [6, 6.07) is 0. The highest BCUT2D eigenvalue weighted by Crippen LogP contribution is 2.08. The first-order valence-corrected chi connectivity index (χ1v) is 38.2. The molecule has 0 rings (SSSR count). The molecule has 16 heteroatoms. The first-order valence-electron chi connectivity index (χ1n) is 38.2. The van der Waals surface area contributed by atoms with E-state index in [9.17, 15) is 0 Å². The van der Waals surface area contributed by atoms with Crippen LogP contribution in [0.2, 0.25) is 0 Å². The molecule has 0 heterocycles. The Morgan fingerprint density at radius 3 is 0.611 bits per heavy atom. The van der Waals surface area contributed by atoms with Gasteiger partial charge >= 0.3 is 0 Å². The summed E-state index contributed by atoms with van der Waals surface area (Å²) in [4.78, 5) is 0. The van der Waals surface area contributed by atoms with Crippen LogP contribution < -0.4 is 0 Å². The highest BCUT2D eigenvalue weighted by molar-refractivity contribution is 4.57. The summed E-state index contributed by atoms with van der Waals surface area (Å²) < 4.78 is 86.7. The van der Waals surface area contributed by atoms with Crippen LogP contribution in [-0.4, -0.2) is 202 Å². The summed E-state index contributed by atoms with van der Waals surface area (Å²) in [5, 5.41) is 0. The predicted molar refractivity (Wildman–Crippen MR) is 407 cm³/mol. The molecule has 0 aliphatic carbocycles. The van der Waals surface area contributed by atoms with Gasteiger partial charge < -0.3 is 75.8 Å². The molecule has 0 aliphatic heterocycles. The van der Waals surface area contributed by atoms with Crippen LogP contribution in [0.15, 0.2) is 0 Å². The van der Waals surface area contributed by atoms with Crippen molar-refractivity contribution < 1.29 is 75.8 Å². The average molecular weight is 1380 g/mol. The lowest BCUT2D eigenvalue weighted by molar-refractivity contribution is -0.0593. The second-order valence-corrected chi connectivity index (χ2v) is 28.4. The molecule has 3 atom stereocenters. The quantitative estimate of drug-likeness (QED) is 0.0531. The predicted octanol–water partition coefficient (Wildman–Crippen LogP) is 20.5. The molecule has 0 fully saturated rings. The number of ether oxygens (including phenoxy) is 16. The fraction of sp³-hybridized carbons (Fsp3) is 1.00. The van der Waals surface area contributed by atoms with Crippen molar-refractivity contribution in [2.75, 3.05) is 85.9 Å². The monoisotopic (exact) mass is 1380 g/mol. The summed E-state index contributed by atoms with van der Waals surface area (Å²) in [6.07, 6.45) is 19.7. The zero-order valence-corrected chi connectivity index (χ0v) is 70.2. The molecule has 0 radical (unpaired) electrons. The Hall–Kier alpha value is -0.640. The topological polar surface area (TPSA) is 148 Å². The van der Waals surface area contributed by atoms with Crippen molar-refractivity contribution in [3.63, 3.8) is 0 Å². The number of hydrogen-bond acceptors (Lipinski definition) is 16. The van der Waals surface area contributed by atoms with E-state index in [1.54, 1.807) is 0 Å². The molecule has 0 aromatic carbocycles. The van der Waals surface area contributed by atoms with E-state index in [0.717, 1.165) is 104 Å². The third kappa shape index (κ3) is 141. The van der Waals surface area contributed by atoms with Gasteiger partial charge in [0.2, 0.25) is 0 Å². The summed E-state index contributed by atoms with van der Waals surface area (Å²) in [7, 11) is 0. The molecule has 0 spiro atoms. The SMILES string of the molecule is CC(C)OCC(C)OC(C)C.CC(C)OCCC(C)OC(C)C.CC(C)OCCCCCCOC(C)C.CC(C)OCCCCCOC(C)C.CC(C)OCCCCOC(C)C.CC(C)OCCCOC(C)C.CC(C)OCCOC(C)C.CCC(COC(C)C)OC(C)C.